The number of aromatic nitrogens is 2. The molecule has 1 aromatic heterocycles. The molecule has 5 rings (SSSR count). The molecule has 0 fully saturated rings. The number of sulfonamides is 1. The van der Waals surface area contributed by atoms with Gasteiger partial charge in [0.15, 0.2) is 0 Å². The smallest absolute Gasteiger partial charge is 0.264 e. The number of imidazole rings is 1. The first-order valence-electron chi connectivity index (χ1n) is 10.6. The van der Waals surface area contributed by atoms with Crippen LogP contribution in [0.25, 0.3) is 0 Å². The number of carbonyl (C=O) groups is 1. The van der Waals surface area contributed by atoms with Crippen LogP contribution in [0.5, 0.6) is 5.75 Å². The first-order valence-corrected chi connectivity index (χ1v) is 12.0. The van der Waals surface area contributed by atoms with Gasteiger partial charge in [-0.1, -0.05) is 18.2 Å². The molecule has 32 heavy (non-hydrogen) atoms. The van der Waals surface area contributed by atoms with E-state index in [1.807, 2.05) is 35.0 Å². The largest absolute Gasteiger partial charge is 0.496 e. The van der Waals surface area contributed by atoms with E-state index in [2.05, 4.69) is 10.3 Å². The second-order valence-corrected chi connectivity index (χ2v) is 9.89. The third kappa shape index (κ3) is 3.52. The zero-order valence-corrected chi connectivity index (χ0v) is 18.5. The van der Waals surface area contributed by atoms with Gasteiger partial charge in [0, 0.05) is 37.9 Å². The van der Waals surface area contributed by atoms with Crippen molar-refractivity contribution in [2.45, 2.75) is 36.7 Å². The minimum absolute atomic E-state index is 0.0698. The maximum atomic E-state index is 13.4. The zero-order valence-electron chi connectivity index (χ0n) is 17.7. The lowest BCUT2D eigenvalue weighted by Crippen LogP contribution is -2.41. The summed E-state index contributed by atoms with van der Waals surface area (Å²) >= 11 is 0. The van der Waals surface area contributed by atoms with E-state index < -0.39 is 10.0 Å². The number of nitrogens with one attached hydrogen (secondary N) is 1. The second kappa shape index (κ2) is 7.98. The molecular formula is C23H24N4O4S. The Balaban J connectivity index is 1.42. The van der Waals surface area contributed by atoms with Crippen molar-refractivity contribution in [3.05, 3.63) is 71.8 Å². The summed E-state index contributed by atoms with van der Waals surface area (Å²) in [7, 11) is -2.35. The number of hydrogen-bond acceptors (Lipinski definition) is 5. The zero-order chi connectivity index (χ0) is 22.3. The summed E-state index contributed by atoms with van der Waals surface area (Å²) in [6.45, 7) is 1.01. The van der Waals surface area contributed by atoms with Gasteiger partial charge < -0.3 is 14.6 Å². The van der Waals surface area contributed by atoms with Crippen LogP contribution in [-0.2, 0) is 29.4 Å². The van der Waals surface area contributed by atoms with Crippen molar-refractivity contribution in [3.63, 3.8) is 0 Å². The highest BCUT2D eigenvalue weighted by atomic mass is 32.2. The van der Waals surface area contributed by atoms with Crippen LogP contribution in [0.15, 0.2) is 59.8 Å². The molecule has 2 aliphatic rings. The molecule has 0 saturated heterocycles. The summed E-state index contributed by atoms with van der Waals surface area (Å²) in [6.07, 6.45) is 5.87. The van der Waals surface area contributed by atoms with Gasteiger partial charge in [-0.15, -0.1) is 0 Å². The third-order valence-corrected chi connectivity index (χ3v) is 7.93. The number of methoxy groups -OCH3 is 1. The van der Waals surface area contributed by atoms with Gasteiger partial charge in [-0.2, -0.15) is 0 Å². The van der Waals surface area contributed by atoms with Crippen molar-refractivity contribution in [1.29, 1.82) is 0 Å². The predicted molar refractivity (Wildman–Crippen MR) is 119 cm³/mol. The summed E-state index contributed by atoms with van der Waals surface area (Å²) in [4.78, 5) is 17.5. The number of anilines is 1. The Morgan fingerprint density at radius 2 is 2.03 bits per heavy atom. The Hall–Kier alpha value is -3.33. The fraction of sp³-hybridized carbons (Fsp3) is 0.304. The van der Waals surface area contributed by atoms with Crippen LogP contribution >= 0.6 is 0 Å². The van der Waals surface area contributed by atoms with Gasteiger partial charge in [-0.05, 0) is 42.7 Å². The fourth-order valence-electron chi connectivity index (χ4n) is 4.46. The van der Waals surface area contributed by atoms with Gasteiger partial charge in [0.1, 0.15) is 11.6 Å². The van der Waals surface area contributed by atoms with E-state index in [0.717, 1.165) is 24.2 Å². The Morgan fingerprint density at radius 3 is 2.88 bits per heavy atom. The molecule has 9 heteroatoms. The standard InChI is InChI=1S/C23H24N4O4S/c1-31-21-8-7-18(32(29,30)27-12-10-16-4-2-3-5-20(16)27)14-19(21)23(28)25-17-6-9-22-24-11-13-26(22)15-17/h2-5,7-8,11,13-14,17H,6,9-10,12,15H2,1H3,(H,25,28)/t17-/m1/s1. The molecule has 0 aliphatic carbocycles. The predicted octanol–water partition coefficient (Wildman–Crippen LogP) is 2.39. The Morgan fingerprint density at radius 1 is 1.19 bits per heavy atom. The second-order valence-electron chi connectivity index (χ2n) is 8.02. The number of hydrogen-bond donors (Lipinski definition) is 1. The maximum absolute atomic E-state index is 13.4. The van der Waals surface area contributed by atoms with E-state index in [4.69, 9.17) is 4.74 Å². The molecule has 3 aromatic rings. The summed E-state index contributed by atoms with van der Waals surface area (Å²) < 4.78 is 35.6. The molecule has 3 heterocycles. The molecule has 1 N–H and O–H groups in total. The summed E-state index contributed by atoms with van der Waals surface area (Å²) in [5, 5.41) is 3.03. The number of para-hydroxylation sites is 1. The average Bonchev–Trinajstić information content (AvgIpc) is 3.45. The number of aryl methyl sites for hydroxylation is 1. The average molecular weight is 453 g/mol. The first-order chi connectivity index (χ1) is 15.5. The molecule has 0 unspecified atom stereocenters. The molecule has 2 aliphatic heterocycles. The molecule has 8 nitrogen and oxygen atoms in total. The van der Waals surface area contributed by atoms with E-state index in [0.29, 0.717) is 30.9 Å². The van der Waals surface area contributed by atoms with Gasteiger partial charge in [-0.25, -0.2) is 13.4 Å². The van der Waals surface area contributed by atoms with Crippen LogP contribution in [0.3, 0.4) is 0 Å². The topological polar surface area (TPSA) is 93.5 Å². The lowest BCUT2D eigenvalue weighted by atomic mass is 10.1. The monoisotopic (exact) mass is 452 g/mol. The molecule has 0 saturated carbocycles. The van der Waals surface area contributed by atoms with Gasteiger partial charge in [-0.3, -0.25) is 9.10 Å². The number of carbonyl (C=O) groups excluding carboxylic acids is 1. The van der Waals surface area contributed by atoms with Gasteiger partial charge in [0.25, 0.3) is 15.9 Å². The molecule has 0 bridgehead atoms. The summed E-state index contributed by atoms with van der Waals surface area (Å²) in [5.74, 6) is 0.990. The van der Waals surface area contributed by atoms with Gasteiger partial charge in [0.05, 0.1) is 23.3 Å². The number of nitrogens with zero attached hydrogens (tertiary/aromatic N) is 3. The molecule has 2 aromatic carbocycles. The quantitative estimate of drug-likeness (QED) is 0.642. The lowest BCUT2D eigenvalue weighted by molar-refractivity contribution is 0.0924. The van der Waals surface area contributed by atoms with Crippen LogP contribution < -0.4 is 14.4 Å². The lowest BCUT2D eigenvalue weighted by Gasteiger charge is -2.25. The highest BCUT2D eigenvalue weighted by Crippen LogP contribution is 2.34. The van der Waals surface area contributed by atoms with Gasteiger partial charge >= 0.3 is 0 Å². The van der Waals surface area contributed by atoms with Crippen LogP contribution in [-0.4, -0.2) is 43.6 Å². The van der Waals surface area contributed by atoms with Crippen molar-refractivity contribution in [1.82, 2.24) is 14.9 Å². The Kier molecular flexibility index (Phi) is 5.13. The highest BCUT2D eigenvalue weighted by molar-refractivity contribution is 7.92. The molecule has 1 atom stereocenters. The SMILES string of the molecule is COc1ccc(S(=O)(=O)N2CCc3ccccc32)cc1C(=O)N[C@@H]1CCc2nccn2C1. The summed E-state index contributed by atoms with van der Waals surface area (Å²) in [6, 6.07) is 11.9. The normalized spacial score (nSPS) is 17.5. The number of amides is 1. The Labute approximate surface area is 186 Å². The fourth-order valence-corrected chi connectivity index (χ4v) is 5.99. The van der Waals surface area contributed by atoms with Crippen LogP contribution in [0, 0.1) is 0 Å². The number of fused-ring (bicyclic) bond motifs is 2. The highest BCUT2D eigenvalue weighted by Gasteiger charge is 2.32. The number of ether oxygens (including phenoxy) is 1. The molecule has 1 amide bonds. The molecule has 166 valence electrons. The van der Waals surface area contributed by atoms with Gasteiger partial charge in [0.2, 0.25) is 0 Å². The van der Waals surface area contributed by atoms with Crippen LogP contribution in [0.4, 0.5) is 5.69 Å². The molecular weight excluding hydrogens is 428 g/mol. The van der Waals surface area contributed by atoms with Crippen molar-refractivity contribution >= 4 is 21.6 Å². The maximum Gasteiger partial charge on any atom is 0.264 e. The molecule has 0 radical (unpaired) electrons. The van der Waals surface area contributed by atoms with Crippen LogP contribution in [0.1, 0.15) is 28.2 Å². The summed E-state index contributed by atoms with van der Waals surface area (Å²) in [5.41, 5.74) is 1.89. The van der Waals surface area contributed by atoms with E-state index >= 15 is 0 Å². The van der Waals surface area contributed by atoms with E-state index in [9.17, 15) is 13.2 Å². The van der Waals surface area contributed by atoms with E-state index in [1.165, 1.54) is 23.5 Å². The van der Waals surface area contributed by atoms with Crippen molar-refractivity contribution in [2.24, 2.45) is 0 Å². The molecule has 0 spiro atoms. The number of rotatable bonds is 5. The minimum atomic E-state index is -3.81. The third-order valence-electron chi connectivity index (χ3n) is 6.12. The van der Waals surface area contributed by atoms with Crippen LogP contribution in [0.2, 0.25) is 0 Å². The van der Waals surface area contributed by atoms with E-state index in [-0.39, 0.29) is 22.4 Å². The minimum Gasteiger partial charge on any atom is -0.496 e. The van der Waals surface area contributed by atoms with Crippen molar-refractivity contribution in [2.75, 3.05) is 18.0 Å². The Bertz CT molecular complexity index is 1280. The van der Waals surface area contributed by atoms with Crippen molar-refractivity contribution in [3.8, 4) is 5.75 Å². The first kappa shape index (κ1) is 20.6. The van der Waals surface area contributed by atoms with Crippen molar-refractivity contribution < 1.29 is 17.9 Å². The number of benzene rings is 2. The van der Waals surface area contributed by atoms with E-state index in [1.54, 1.807) is 12.3 Å².